The van der Waals surface area contributed by atoms with E-state index >= 15 is 0 Å². The van der Waals surface area contributed by atoms with Crippen LogP contribution in [-0.2, 0) is 11.4 Å². The Morgan fingerprint density at radius 2 is 0.643 bits per heavy atom. The first-order valence-corrected chi connectivity index (χ1v) is 1.60. The number of halogens is 1. The molecule has 94 valence electrons. The molecule has 0 rings (SSSR count). The van der Waals surface area contributed by atoms with Crippen LogP contribution in [0.25, 0.3) is 0 Å². The third-order valence-corrected chi connectivity index (χ3v) is 0. The maximum absolute atomic E-state index is 8.67. The molecule has 0 heterocycles. The molecular weight excluding hydrogens is 365 g/mol. The summed E-state index contributed by atoms with van der Waals surface area (Å²) in [7, 11) is 0. The van der Waals surface area contributed by atoms with Crippen molar-refractivity contribution in [1.82, 2.24) is 0 Å². The molecule has 0 aromatic heterocycles. The van der Waals surface area contributed by atoms with E-state index in [2.05, 4.69) is 0 Å². The van der Waals surface area contributed by atoms with Crippen molar-refractivity contribution in [3.05, 3.63) is 0 Å². The molecule has 0 aliphatic carbocycles. The first-order valence-electron chi connectivity index (χ1n) is 0.532. The Hall–Kier alpha value is 2.52. The van der Waals surface area contributed by atoms with Gasteiger partial charge in [-0.1, -0.05) is 0 Å². The summed E-state index contributed by atoms with van der Waals surface area (Å²) in [4.78, 5) is 0. The molecule has 0 saturated carbocycles. The second-order valence-electron chi connectivity index (χ2n) is 0.231. The summed E-state index contributed by atoms with van der Waals surface area (Å²) < 4.78 is 22.8. The van der Waals surface area contributed by atoms with Gasteiger partial charge < -0.3 is 38.3 Å². The van der Waals surface area contributed by atoms with Crippen molar-refractivity contribution in [2.45, 2.75) is 0 Å². The predicted octanol–water partition coefficient (Wildman–Crippen LogP) is -6.77. The normalized spacial score (nSPS) is 2.50. The van der Waals surface area contributed by atoms with Gasteiger partial charge >= 0.3 is 59.1 Å². The van der Waals surface area contributed by atoms with Gasteiger partial charge in [-0.15, -0.1) is 24.0 Å². The summed E-state index contributed by atoms with van der Waals surface area (Å²) in [6.45, 7) is 0. The minimum atomic E-state index is -2.61. The van der Waals surface area contributed by atoms with E-state index < -0.39 is 11.4 Å². The van der Waals surface area contributed by atoms with Gasteiger partial charge in [-0.25, -0.2) is 0 Å². The van der Waals surface area contributed by atoms with Gasteiger partial charge in [0, 0.05) is 0 Å². The Kier molecular flexibility index (Phi) is 1000. The fraction of sp³-hybridized carbons (Fsp3) is 0. The number of rotatable bonds is 0. The van der Waals surface area contributed by atoms with Gasteiger partial charge in [0.25, 0.3) is 11.4 Å². The minimum absolute atomic E-state index is 0. The molecular formula is H19INa2O10S. The van der Waals surface area contributed by atoms with E-state index in [0.717, 1.165) is 0 Å². The van der Waals surface area contributed by atoms with Crippen LogP contribution in [0.5, 0.6) is 0 Å². The van der Waals surface area contributed by atoms with Crippen molar-refractivity contribution in [2.75, 3.05) is 0 Å². The first-order chi connectivity index (χ1) is 1.73. The molecule has 16 N–H and O–H groups in total. The Morgan fingerprint density at radius 1 is 0.643 bits per heavy atom. The molecule has 14 heteroatoms. The molecule has 0 spiro atoms. The van der Waals surface area contributed by atoms with E-state index in [1.807, 2.05) is 0 Å². The van der Waals surface area contributed by atoms with Crippen molar-refractivity contribution < 1.29 is 51.6 Å². The fourth-order valence-corrected chi connectivity index (χ4v) is 0. The second kappa shape index (κ2) is 107. The van der Waals surface area contributed by atoms with E-state index in [1.54, 1.807) is 0 Å². The van der Waals surface area contributed by atoms with Crippen LogP contribution in [-0.4, -0.2) is 111 Å². The van der Waals surface area contributed by atoms with E-state index in [4.69, 9.17) is 13.3 Å². The van der Waals surface area contributed by atoms with Crippen LogP contribution in [0.15, 0.2) is 0 Å². The van der Waals surface area contributed by atoms with Crippen molar-refractivity contribution in [1.29, 1.82) is 0 Å². The zero-order valence-corrected chi connectivity index (χ0v) is 8.77. The van der Waals surface area contributed by atoms with Crippen LogP contribution in [0, 0.1) is 0 Å². The number of hydrogen-bond donors (Lipinski definition) is 2. The van der Waals surface area contributed by atoms with E-state index in [1.165, 1.54) is 0 Å². The van der Waals surface area contributed by atoms with Crippen LogP contribution < -0.4 is 0 Å². The fourth-order valence-electron chi connectivity index (χ4n) is 0. The van der Waals surface area contributed by atoms with Crippen molar-refractivity contribution in [2.24, 2.45) is 0 Å². The van der Waals surface area contributed by atoms with Crippen molar-refractivity contribution in [3.63, 3.8) is 0 Å². The maximum atomic E-state index is 8.67. The summed E-state index contributed by atoms with van der Waals surface area (Å²) >= 11 is -2.61. The third-order valence-electron chi connectivity index (χ3n) is 0. The third kappa shape index (κ3) is 418. The first kappa shape index (κ1) is 131. The SMILES string of the molecule is I.O.O.O.O.O.O.O.O=S(O)O.[NaH].[NaH]. The van der Waals surface area contributed by atoms with E-state index in [-0.39, 0.29) is 121 Å². The summed E-state index contributed by atoms with van der Waals surface area (Å²) in [6.07, 6.45) is 0. The van der Waals surface area contributed by atoms with Crippen LogP contribution in [0.4, 0.5) is 0 Å². The molecule has 0 unspecified atom stereocenters. The molecule has 0 saturated heterocycles. The molecule has 0 radical (unpaired) electrons. The molecule has 14 heavy (non-hydrogen) atoms. The van der Waals surface area contributed by atoms with Crippen molar-refractivity contribution >= 4 is 94.5 Å². The Balaban J connectivity index is -0.000000001000. The van der Waals surface area contributed by atoms with Crippen LogP contribution in [0.3, 0.4) is 0 Å². The molecule has 0 aromatic rings. The van der Waals surface area contributed by atoms with Gasteiger partial charge in [-0.05, 0) is 0 Å². The van der Waals surface area contributed by atoms with Crippen molar-refractivity contribution in [3.8, 4) is 0 Å². The van der Waals surface area contributed by atoms with Crippen LogP contribution in [0.1, 0.15) is 0 Å². The average Bonchev–Trinajstić information content (AvgIpc) is 0.811. The second-order valence-corrected chi connectivity index (χ2v) is 0.692. The molecule has 0 aromatic carbocycles. The van der Waals surface area contributed by atoms with Gasteiger partial charge in [0.05, 0.1) is 0 Å². The Labute approximate surface area is 144 Å². The van der Waals surface area contributed by atoms with Gasteiger partial charge in [-0.3, -0.25) is 9.11 Å². The molecule has 10 nitrogen and oxygen atoms in total. The summed E-state index contributed by atoms with van der Waals surface area (Å²) in [6, 6.07) is 0. The molecule has 0 fully saturated rings. The molecule has 0 aliphatic heterocycles. The summed E-state index contributed by atoms with van der Waals surface area (Å²) in [5.74, 6) is 0. The zero-order valence-electron chi connectivity index (χ0n) is 5.62. The van der Waals surface area contributed by atoms with E-state index in [9.17, 15) is 0 Å². The van der Waals surface area contributed by atoms with Gasteiger partial charge in [0.15, 0.2) is 0 Å². The molecule has 0 bridgehead atoms. The quantitative estimate of drug-likeness (QED) is 0.234. The van der Waals surface area contributed by atoms with Gasteiger partial charge in [0.1, 0.15) is 0 Å². The summed E-state index contributed by atoms with van der Waals surface area (Å²) in [5, 5.41) is 0. The van der Waals surface area contributed by atoms with Gasteiger partial charge in [0.2, 0.25) is 0 Å². The molecule has 0 atom stereocenters. The van der Waals surface area contributed by atoms with Gasteiger partial charge in [-0.2, -0.15) is 4.21 Å². The Bertz CT molecular complexity index is 41.1. The summed E-state index contributed by atoms with van der Waals surface area (Å²) in [5.41, 5.74) is 0. The number of hydrogen-bond acceptors (Lipinski definition) is 1. The standard InChI is InChI=1S/HI.2Na.H2O3S.7H2O.2H/c;;;1-4(2)3;;;;;;;;;/h1H;;;(H2,1,2,3);7*1H2;;. The topological polar surface area (TPSA) is 278 Å². The van der Waals surface area contributed by atoms with Crippen LogP contribution in [0.2, 0.25) is 0 Å². The average molecular weight is 384 g/mol. The predicted molar refractivity (Wildman–Crippen MR) is 68.4 cm³/mol. The van der Waals surface area contributed by atoms with Crippen LogP contribution >= 0.6 is 24.0 Å². The molecule has 0 aliphatic rings. The Morgan fingerprint density at radius 3 is 0.643 bits per heavy atom. The monoisotopic (exact) mass is 384 g/mol. The zero-order chi connectivity index (χ0) is 3.58. The van der Waals surface area contributed by atoms with E-state index in [0.29, 0.717) is 0 Å². The molecule has 0 amide bonds.